The highest BCUT2D eigenvalue weighted by Gasteiger charge is 2.05. The van der Waals surface area contributed by atoms with Crippen LogP contribution in [-0.4, -0.2) is 5.71 Å². The van der Waals surface area contributed by atoms with Crippen LogP contribution in [0, 0.1) is 5.82 Å². The molecule has 98 valence electrons. The first-order valence-electron chi connectivity index (χ1n) is 6.30. The lowest BCUT2D eigenvalue weighted by molar-refractivity contribution is 0.627. The fourth-order valence-electron chi connectivity index (χ4n) is 1.61. The fourth-order valence-corrected chi connectivity index (χ4v) is 1.93. The summed E-state index contributed by atoms with van der Waals surface area (Å²) in [4.78, 5) is 4.58. The van der Waals surface area contributed by atoms with Gasteiger partial charge in [-0.25, -0.2) is 4.39 Å². The van der Waals surface area contributed by atoms with Gasteiger partial charge in [0.1, 0.15) is 11.2 Å². The molecule has 0 heterocycles. The topological polar surface area (TPSA) is 12.4 Å². The van der Waals surface area contributed by atoms with Crippen LogP contribution >= 0.6 is 12.6 Å². The highest BCUT2D eigenvalue weighted by molar-refractivity contribution is 7.80. The molecular weight excluding hydrogens is 245 g/mol. The lowest BCUT2D eigenvalue weighted by Crippen LogP contribution is -1.97. The van der Waals surface area contributed by atoms with E-state index >= 15 is 0 Å². The summed E-state index contributed by atoms with van der Waals surface area (Å²) in [5.74, 6) is -0.233. The first-order valence-corrected chi connectivity index (χ1v) is 6.82. The quantitative estimate of drug-likeness (QED) is 0.551. The Labute approximate surface area is 114 Å². The van der Waals surface area contributed by atoms with Crippen LogP contribution in [0.1, 0.15) is 44.0 Å². The van der Waals surface area contributed by atoms with Crippen LogP contribution in [0.4, 0.5) is 4.39 Å². The third-order valence-corrected chi connectivity index (χ3v) is 3.02. The van der Waals surface area contributed by atoms with Gasteiger partial charge in [-0.05, 0) is 43.5 Å². The summed E-state index contributed by atoms with van der Waals surface area (Å²) < 4.78 is 12.8. The zero-order valence-corrected chi connectivity index (χ0v) is 11.8. The Bertz CT molecular complexity index is 409. The maximum Gasteiger partial charge on any atom is 0.123 e. The minimum Gasteiger partial charge on any atom is -0.271 e. The molecule has 3 heteroatoms. The molecule has 0 aliphatic heterocycles. The van der Waals surface area contributed by atoms with E-state index in [1.807, 2.05) is 19.1 Å². The van der Waals surface area contributed by atoms with Crippen molar-refractivity contribution in [2.75, 3.05) is 0 Å². The van der Waals surface area contributed by atoms with Crippen molar-refractivity contribution in [2.24, 2.45) is 4.99 Å². The van der Waals surface area contributed by atoms with Gasteiger partial charge < -0.3 is 0 Å². The molecule has 18 heavy (non-hydrogen) atoms. The molecule has 1 rings (SSSR count). The number of nitrogens with zero attached hydrogens (tertiary/aromatic N) is 1. The predicted molar refractivity (Wildman–Crippen MR) is 79.9 cm³/mol. The average molecular weight is 265 g/mol. The van der Waals surface area contributed by atoms with Gasteiger partial charge in [0.15, 0.2) is 0 Å². The molecule has 0 aliphatic carbocycles. The van der Waals surface area contributed by atoms with Gasteiger partial charge in [-0.15, -0.1) is 12.6 Å². The number of halogens is 1. The summed E-state index contributed by atoms with van der Waals surface area (Å²) >= 11 is 4.46. The van der Waals surface area contributed by atoms with Gasteiger partial charge in [0.05, 0.1) is 0 Å². The number of allylic oxidation sites excluding steroid dienone is 2. The van der Waals surface area contributed by atoms with Gasteiger partial charge in [-0.2, -0.15) is 0 Å². The fraction of sp³-hybridized carbons (Fsp3) is 0.400. The lowest BCUT2D eigenvalue weighted by atomic mass is 10.1. The van der Waals surface area contributed by atoms with Crippen LogP contribution < -0.4 is 0 Å². The first kappa shape index (κ1) is 15.0. The van der Waals surface area contributed by atoms with Crippen molar-refractivity contribution in [2.45, 2.75) is 38.5 Å². The number of aliphatic imine (C=N–C) groups is 1. The Hall–Kier alpha value is -1.09. The summed E-state index contributed by atoms with van der Waals surface area (Å²) in [7, 11) is 0. The largest absolute Gasteiger partial charge is 0.271 e. The molecule has 1 atom stereocenters. The molecule has 0 aliphatic rings. The van der Waals surface area contributed by atoms with Crippen molar-refractivity contribution in [1.29, 1.82) is 0 Å². The maximum absolute atomic E-state index is 12.8. The van der Waals surface area contributed by atoms with Crippen molar-refractivity contribution in [3.63, 3.8) is 0 Å². The van der Waals surface area contributed by atoms with Crippen LogP contribution in [0.5, 0.6) is 0 Å². The van der Waals surface area contributed by atoms with Crippen LogP contribution in [0.2, 0.25) is 0 Å². The maximum atomic E-state index is 12.8. The summed E-state index contributed by atoms with van der Waals surface area (Å²) in [6, 6.07) is 6.33. The number of rotatable bonds is 6. The van der Waals surface area contributed by atoms with Crippen LogP contribution in [0.3, 0.4) is 0 Å². The van der Waals surface area contributed by atoms with Gasteiger partial charge in [0, 0.05) is 5.71 Å². The SMILES string of the molecule is C/C=C\C(CCCC)=NC(S)c1ccc(F)cc1. The molecular formula is C15H20FNS. The van der Waals surface area contributed by atoms with E-state index < -0.39 is 0 Å². The Morgan fingerprint density at radius 2 is 2.06 bits per heavy atom. The van der Waals surface area contributed by atoms with E-state index in [1.54, 1.807) is 12.1 Å². The molecule has 1 aromatic carbocycles. The summed E-state index contributed by atoms with van der Waals surface area (Å²) in [6.07, 6.45) is 7.22. The van der Waals surface area contributed by atoms with Crippen molar-refractivity contribution < 1.29 is 4.39 Å². The molecule has 0 N–H and O–H groups in total. The zero-order chi connectivity index (χ0) is 13.4. The van der Waals surface area contributed by atoms with Gasteiger partial charge in [-0.1, -0.05) is 31.6 Å². The van der Waals surface area contributed by atoms with Crippen molar-refractivity contribution in [1.82, 2.24) is 0 Å². The average Bonchev–Trinajstić information content (AvgIpc) is 2.37. The summed E-state index contributed by atoms with van der Waals surface area (Å²) in [6.45, 7) is 4.14. The van der Waals surface area contributed by atoms with Gasteiger partial charge in [0.25, 0.3) is 0 Å². The summed E-state index contributed by atoms with van der Waals surface area (Å²) in [5.41, 5.74) is 1.96. The van der Waals surface area contributed by atoms with E-state index in [-0.39, 0.29) is 11.2 Å². The zero-order valence-electron chi connectivity index (χ0n) is 10.9. The highest BCUT2D eigenvalue weighted by Crippen LogP contribution is 2.22. The molecule has 0 saturated heterocycles. The van der Waals surface area contributed by atoms with Crippen molar-refractivity contribution in [3.05, 3.63) is 47.8 Å². The molecule has 1 aromatic rings. The second-order valence-electron chi connectivity index (χ2n) is 4.15. The smallest absolute Gasteiger partial charge is 0.123 e. The predicted octanol–water partition coefficient (Wildman–Crippen LogP) is 4.96. The Kier molecular flexibility index (Phi) is 6.73. The molecule has 1 nitrogen and oxygen atoms in total. The molecule has 0 amide bonds. The van der Waals surface area contributed by atoms with E-state index in [1.165, 1.54) is 12.1 Å². The number of hydrogen-bond acceptors (Lipinski definition) is 2. The van der Waals surface area contributed by atoms with E-state index in [9.17, 15) is 4.39 Å². The first-order chi connectivity index (χ1) is 8.67. The minimum absolute atomic E-state index is 0.228. The third-order valence-electron chi connectivity index (χ3n) is 2.60. The molecule has 0 bridgehead atoms. The lowest BCUT2D eigenvalue weighted by Gasteiger charge is -2.08. The molecule has 1 unspecified atom stereocenters. The van der Waals surface area contributed by atoms with Gasteiger partial charge >= 0.3 is 0 Å². The van der Waals surface area contributed by atoms with Gasteiger partial charge in [-0.3, -0.25) is 4.99 Å². The Morgan fingerprint density at radius 3 is 2.61 bits per heavy atom. The second-order valence-corrected chi connectivity index (χ2v) is 4.64. The minimum atomic E-state index is -0.233. The Balaban J connectivity index is 2.79. The molecule has 0 radical (unpaired) electrons. The van der Waals surface area contributed by atoms with E-state index in [0.717, 1.165) is 30.5 Å². The number of hydrogen-bond donors (Lipinski definition) is 1. The van der Waals surface area contributed by atoms with E-state index in [0.29, 0.717) is 0 Å². The highest BCUT2D eigenvalue weighted by atomic mass is 32.1. The van der Waals surface area contributed by atoms with E-state index in [4.69, 9.17) is 0 Å². The molecule has 0 spiro atoms. The van der Waals surface area contributed by atoms with Crippen molar-refractivity contribution in [3.8, 4) is 0 Å². The Morgan fingerprint density at radius 1 is 1.39 bits per heavy atom. The van der Waals surface area contributed by atoms with Crippen molar-refractivity contribution >= 4 is 18.3 Å². The molecule has 0 saturated carbocycles. The number of benzene rings is 1. The normalized spacial score (nSPS) is 14.1. The van der Waals surface area contributed by atoms with Crippen LogP contribution in [0.25, 0.3) is 0 Å². The van der Waals surface area contributed by atoms with E-state index in [2.05, 4.69) is 24.5 Å². The molecule has 0 aromatic heterocycles. The standard InChI is InChI=1S/C15H20FNS/c1-3-5-7-14(6-4-2)17-15(18)12-8-10-13(16)11-9-12/h4,6,8-11,15,18H,3,5,7H2,1-2H3/b6-4-,17-14?. The monoisotopic (exact) mass is 265 g/mol. The second kappa shape index (κ2) is 8.09. The summed E-state index contributed by atoms with van der Waals surface area (Å²) in [5, 5.41) is -0.228. The third kappa shape index (κ3) is 5.05. The number of unbranched alkanes of at least 4 members (excludes halogenated alkanes) is 1. The number of thiol groups is 1. The van der Waals surface area contributed by atoms with Crippen LogP contribution in [-0.2, 0) is 0 Å². The molecule has 0 fully saturated rings. The van der Waals surface area contributed by atoms with Crippen LogP contribution in [0.15, 0.2) is 41.4 Å². The van der Waals surface area contributed by atoms with Gasteiger partial charge in [0.2, 0.25) is 0 Å².